The van der Waals surface area contributed by atoms with Crippen molar-refractivity contribution in [3.8, 4) is 5.75 Å². The van der Waals surface area contributed by atoms with Gasteiger partial charge in [-0.1, -0.05) is 12.1 Å². The van der Waals surface area contributed by atoms with Gasteiger partial charge in [0.2, 0.25) is 0 Å². The van der Waals surface area contributed by atoms with Crippen LogP contribution in [0.3, 0.4) is 0 Å². The zero-order valence-corrected chi connectivity index (χ0v) is 14.8. The summed E-state index contributed by atoms with van der Waals surface area (Å²) in [6, 6.07) is 8.54. The van der Waals surface area contributed by atoms with Crippen LogP contribution in [0.25, 0.3) is 0 Å². The first kappa shape index (κ1) is 17.6. The number of amides is 1. The van der Waals surface area contributed by atoms with E-state index in [4.69, 9.17) is 9.47 Å². The molecule has 0 spiro atoms. The number of methoxy groups -OCH3 is 1. The van der Waals surface area contributed by atoms with E-state index in [0.717, 1.165) is 18.7 Å². The largest absolute Gasteiger partial charge is 0.497 e. The molecule has 1 aromatic carbocycles. The Labute approximate surface area is 139 Å². The average Bonchev–Trinajstić information content (AvgIpc) is 2.94. The van der Waals surface area contributed by atoms with Gasteiger partial charge < -0.3 is 19.7 Å². The molecule has 0 radical (unpaired) electrons. The topological polar surface area (TPSA) is 50.8 Å². The predicted molar refractivity (Wildman–Crippen MR) is 90.8 cm³/mol. The van der Waals surface area contributed by atoms with Gasteiger partial charge in [-0.15, -0.1) is 0 Å². The maximum absolute atomic E-state index is 12.1. The summed E-state index contributed by atoms with van der Waals surface area (Å²) >= 11 is 0. The minimum atomic E-state index is -0.448. The molecule has 0 aromatic heterocycles. The van der Waals surface area contributed by atoms with Crippen LogP contribution in [0, 0.1) is 0 Å². The van der Waals surface area contributed by atoms with Gasteiger partial charge in [0.05, 0.1) is 7.11 Å². The predicted octanol–water partition coefficient (Wildman–Crippen LogP) is 3.36. The number of nitrogens with zero attached hydrogens (tertiary/aromatic N) is 1. The summed E-state index contributed by atoms with van der Waals surface area (Å²) in [7, 11) is 1.67. The lowest BCUT2D eigenvalue weighted by Crippen LogP contribution is -2.39. The molecule has 1 aliphatic rings. The minimum absolute atomic E-state index is 0.202. The quantitative estimate of drug-likeness (QED) is 0.924. The molecule has 0 bridgehead atoms. The first-order chi connectivity index (χ1) is 10.8. The molecule has 128 valence electrons. The minimum Gasteiger partial charge on any atom is -0.497 e. The number of hydrogen-bond acceptors (Lipinski definition) is 4. The number of rotatable bonds is 4. The molecule has 0 aliphatic carbocycles. The molecular weight excluding hydrogens is 292 g/mol. The van der Waals surface area contributed by atoms with Gasteiger partial charge in [-0.25, -0.2) is 4.79 Å². The monoisotopic (exact) mass is 320 g/mol. The second-order valence-electron chi connectivity index (χ2n) is 7.08. The lowest BCUT2D eigenvalue weighted by molar-refractivity contribution is 0.0290. The average molecular weight is 320 g/mol. The van der Waals surface area contributed by atoms with Crippen molar-refractivity contribution in [1.82, 2.24) is 10.2 Å². The van der Waals surface area contributed by atoms with Crippen molar-refractivity contribution < 1.29 is 14.3 Å². The standard InChI is InChI=1S/C18H28N2O3/c1-13(14-7-6-8-16(11-14)22-5)19-15-9-10-20(12-15)17(21)23-18(2,3)4/h6-8,11,13,15,19H,9-10,12H2,1-5H3/t13-,15?/m0/s1. The molecule has 1 saturated heterocycles. The molecule has 1 heterocycles. The summed E-state index contributed by atoms with van der Waals surface area (Å²) in [5, 5.41) is 3.59. The molecule has 23 heavy (non-hydrogen) atoms. The van der Waals surface area contributed by atoms with E-state index >= 15 is 0 Å². The number of nitrogens with one attached hydrogen (secondary N) is 1. The number of ether oxygens (including phenoxy) is 2. The number of carbonyl (C=O) groups excluding carboxylic acids is 1. The summed E-state index contributed by atoms with van der Waals surface area (Å²) in [6.07, 6.45) is 0.712. The van der Waals surface area contributed by atoms with Gasteiger partial charge in [-0.2, -0.15) is 0 Å². The van der Waals surface area contributed by atoms with Gasteiger partial charge >= 0.3 is 6.09 Å². The van der Waals surface area contributed by atoms with Crippen molar-refractivity contribution >= 4 is 6.09 Å². The van der Waals surface area contributed by atoms with Gasteiger partial charge in [0.1, 0.15) is 11.4 Å². The fourth-order valence-corrected chi connectivity index (χ4v) is 2.75. The van der Waals surface area contributed by atoms with Crippen LogP contribution in [0.5, 0.6) is 5.75 Å². The van der Waals surface area contributed by atoms with Crippen molar-refractivity contribution in [3.05, 3.63) is 29.8 Å². The fraction of sp³-hybridized carbons (Fsp3) is 0.611. The molecule has 1 amide bonds. The SMILES string of the molecule is COc1cccc([C@H](C)NC2CCN(C(=O)OC(C)(C)C)C2)c1. The van der Waals surface area contributed by atoms with Crippen LogP contribution in [-0.2, 0) is 4.74 Å². The van der Waals surface area contributed by atoms with Crippen molar-refractivity contribution in [3.63, 3.8) is 0 Å². The Hall–Kier alpha value is -1.75. The van der Waals surface area contributed by atoms with E-state index in [9.17, 15) is 4.79 Å². The van der Waals surface area contributed by atoms with Crippen molar-refractivity contribution in [1.29, 1.82) is 0 Å². The molecule has 0 saturated carbocycles. The number of benzene rings is 1. The Morgan fingerprint density at radius 3 is 2.78 bits per heavy atom. The van der Waals surface area contributed by atoms with E-state index in [1.807, 2.05) is 39.0 Å². The number of carbonyl (C=O) groups is 1. The van der Waals surface area contributed by atoms with E-state index in [0.29, 0.717) is 6.54 Å². The van der Waals surface area contributed by atoms with Gasteiger partial charge in [-0.05, 0) is 51.8 Å². The van der Waals surface area contributed by atoms with Crippen LogP contribution in [-0.4, -0.2) is 42.8 Å². The molecule has 2 atom stereocenters. The highest BCUT2D eigenvalue weighted by Gasteiger charge is 2.30. The third-order valence-electron chi connectivity index (χ3n) is 3.92. The highest BCUT2D eigenvalue weighted by molar-refractivity contribution is 5.68. The Morgan fingerprint density at radius 1 is 1.39 bits per heavy atom. The second-order valence-corrected chi connectivity index (χ2v) is 7.08. The van der Waals surface area contributed by atoms with Crippen LogP contribution in [0.15, 0.2) is 24.3 Å². The molecule has 5 nitrogen and oxygen atoms in total. The van der Waals surface area contributed by atoms with Crippen LogP contribution >= 0.6 is 0 Å². The van der Waals surface area contributed by atoms with Gasteiger partial charge in [0.25, 0.3) is 0 Å². The number of hydrogen-bond donors (Lipinski definition) is 1. The molecule has 1 fully saturated rings. The maximum Gasteiger partial charge on any atom is 0.410 e. The lowest BCUT2D eigenvalue weighted by Gasteiger charge is -2.25. The molecule has 1 aromatic rings. The van der Waals surface area contributed by atoms with Gasteiger partial charge in [0.15, 0.2) is 0 Å². The molecule has 5 heteroatoms. The van der Waals surface area contributed by atoms with E-state index < -0.39 is 5.60 Å². The normalized spacial score (nSPS) is 19.5. The summed E-state index contributed by atoms with van der Waals surface area (Å²) < 4.78 is 10.7. The van der Waals surface area contributed by atoms with E-state index in [1.54, 1.807) is 12.0 Å². The molecular formula is C18H28N2O3. The van der Waals surface area contributed by atoms with E-state index in [2.05, 4.69) is 18.3 Å². The summed E-state index contributed by atoms with van der Waals surface area (Å²) in [6.45, 7) is 9.22. The Kier molecular flexibility index (Phi) is 5.52. The third kappa shape index (κ3) is 5.13. The third-order valence-corrected chi connectivity index (χ3v) is 3.92. The maximum atomic E-state index is 12.1. The molecule has 1 aliphatic heterocycles. The van der Waals surface area contributed by atoms with E-state index in [1.165, 1.54) is 5.56 Å². The highest BCUT2D eigenvalue weighted by Crippen LogP contribution is 2.21. The summed E-state index contributed by atoms with van der Waals surface area (Å²) in [5.74, 6) is 0.859. The summed E-state index contributed by atoms with van der Waals surface area (Å²) in [4.78, 5) is 13.9. The fourth-order valence-electron chi connectivity index (χ4n) is 2.75. The highest BCUT2D eigenvalue weighted by atomic mass is 16.6. The van der Waals surface area contributed by atoms with Crippen LogP contribution in [0.1, 0.15) is 45.7 Å². The Morgan fingerprint density at radius 2 is 2.13 bits per heavy atom. The zero-order valence-electron chi connectivity index (χ0n) is 14.8. The lowest BCUT2D eigenvalue weighted by atomic mass is 10.1. The van der Waals surface area contributed by atoms with Crippen molar-refractivity contribution in [2.24, 2.45) is 0 Å². The van der Waals surface area contributed by atoms with Crippen LogP contribution in [0.2, 0.25) is 0 Å². The second kappa shape index (κ2) is 7.21. The van der Waals surface area contributed by atoms with E-state index in [-0.39, 0.29) is 18.2 Å². The molecule has 2 rings (SSSR count). The Balaban J connectivity index is 1.88. The van der Waals surface area contributed by atoms with Gasteiger partial charge in [0, 0.05) is 25.2 Å². The summed E-state index contributed by atoms with van der Waals surface area (Å²) in [5.41, 5.74) is 0.733. The van der Waals surface area contributed by atoms with Gasteiger partial charge in [-0.3, -0.25) is 0 Å². The molecule has 1 N–H and O–H groups in total. The van der Waals surface area contributed by atoms with Crippen molar-refractivity contribution in [2.45, 2.75) is 51.8 Å². The first-order valence-electron chi connectivity index (χ1n) is 8.16. The number of likely N-dealkylation sites (tertiary alicyclic amines) is 1. The van der Waals surface area contributed by atoms with Crippen molar-refractivity contribution in [2.75, 3.05) is 20.2 Å². The van der Waals surface area contributed by atoms with Crippen LogP contribution in [0.4, 0.5) is 4.79 Å². The van der Waals surface area contributed by atoms with Crippen LogP contribution < -0.4 is 10.1 Å². The Bertz CT molecular complexity index is 539. The smallest absolute Gasteiger partial charge is 0.410 e. The molecule has 1 unspecified atom stereocenters. The zero-order chi connectivity index (χ0) is 17.0. The first-order valence-corrected chi connectivity index (χ1v) is 8.16.